The quantitative estimate of drug-likeness (QED) is 0.507. The molecule has 2 aliphatic carbocycles. The molecule has 1 aromatic carbocycles. The number of fused-ring (bicyclic) bond motifs is 1. The molecular weight excluding hydrogens is 418 g/mol. The molecule has 8 heteroatoms. The number of nitrogens with zero attached hydrogens (tertiary/aromatic N) is 2. The van der Waals surface area contributed by atoms with Crippen LogP contribution < -0.4 is 16.0 Å². The Morgan fingerprint density at radius 3 is 2.52 bits per heavy atom. The molecule has 2 aromatic rings. The Balaban J connectivity index is 1.33. The van der Waals surface area contributed by atoms with Crippen molar-refractivity contribution in [3.63, 3.8) is 0 Å². The average Bonchev–Trinajstić information content (AvgIpc) is 2.81. The minimum absolute atomic E-state index is 0.0189. The van der Waals surface area contributed by atoms with E-state index in [1.807, 2.05) is 43.6 Å². The zero-order valence-corrected chi connectivity index (χ0v) is 19.1. The van der Waals surface area contributed by atoms with Crippen molar-refractivity contribution in [1.29, 1.82) is 0 Å². The second-order valence-corrected chi connectivity index (χ2v) is 9.11. The van der Waals surface area contributed by atoms with E-state index in [1.165, 1.54) is 5.56 Å². The van der Waals surface area contributed by atoms with Crippen LogP contribution in [-0.4, -0.2) is 52.7 Å². The number of para-hydroxylation sites is 2. The number of carboxylic acid groups (broad SMARTS) is 1. The number of amides is 2. The number of benzene rings is 1. The molecule has 0 aliphatic heterocycles. The van der Waals surface area contributed by atoms with Crippen molar-refractivity contribution in [1.82, 2.24) is 15.2 Å². The SMILES string of the molecule is CN(CC(=O)Nc1ccccc1NC1CCC(NC(=O)O)CC1)C1CCCc2cccnc21. The number of carbonyl (C=O) groups is 2. The summed E-state index contributed by atoms with van der Waals surface area (Å²) in [6, 6.07) is 12.3. The van der Waals surface area contributed by atoms with Crippen LogP contribution in [0.25, 0.3) is 0 Å². The average molecular weight is 452 g/mol. The Morgan fingerprint density at radius 2 is 1.76 bits per heavy atom. The number of rotatable bonds is 7. The van der Waals surface area contributed by atoms with Crippen LogP contribution in [0.4, 0.5) is 16.2 Å². The maximum absolute atomic E-state index is 12.9. The maximum atomic E-state index is 12.9. The third-order valence-electron chi connectivity index (χ3n) is 6.71. The van der Waals surface area contributed by atoms with Crippen LogP contribution in [0.5, 0.6) is 0 Å². The van der Waals surface area contributed by atoms with Gasteiger partial charge >= 0.3 is 6.09 Å². The second kappa shape index (κ2) is 10.7. The van der Waals surface area contributed by atoms with Gasteiger partial charge in [-0.25, -0.2) is 4.79 Å². The van der Waals surface area contributed by atoms with Crippen molar-refractivity contribution in [2.24, 2.45) is 0 Å². The Labute approximate surface area is 194 Å². The lowest BCUT2D eigenvalue weighted by Gasteiger charge is -2.32. The van der Waals surface area contributed by atoms with Gasteiger partial charge < -0.3 is 21.1 Å². The van der Waals surface area contributed by atoms with E-state index >= 15 is 0 Å². The first kappa shape index (κ1) is 23.0. The van der Waals surface area contributed by atoms with Crippen LogP contribution in [0, 0.1) is 0 Å². The summed E-state index contributed by atoms with van der Waals surface area (Å²) < 4.78 is 0. The Bertz CT molecular complexity index is 974. The minimum atomic E-state index is -0.961. The van der Waals surface area contributed by atoms with Gasteiger partial charge in [0.1, 0.15) is 0 Å². The Kier molecular flexibility index (Phi) is 7.44. The molecule has 2 aliphatic rings. The third-order valence-corrected chi connectivity index (χ3v) is 6.71. The summed E-state index contributed by atoms with van der Waals surface area (Å²) in [5, 5.41) is 18.1. The van der Waals surface area contributed by atoms with Crippen LogP contribution in [0.15, 0.2) is 42.6 Å². The van der Waals surface area contributed by atoms with Gasteiger partial charge in [0.15, 0.2) is 0 Å². The summed E-state index contributed by atoms with van der Waals surface area (Å²) in [6.07, 6.45) is 7.40. The summed E-state index contributed by atoms with van der Waals surface area (Å²) in [5.41, 5.74) is 4.04. The van der Waals surface area contributed by atoms with Crippen molar-refractivity contribution in [2.45, 2.75) is 63.1 Å². The predicted molar refractivity (Wildman–Crippen MR) is 128 cm³/mol. The molecule has 1 unspecified atom stereocenters. The number of anilines is 2. The molecule has 0 radical (unpaired) electrons. The number of carbonyl (C=O) groups excluding carboxylic acids is 1. The second-order valence-electron chi connectivity index (χ2n) is 9.11. The molecule has 4 rings (SSSR count). The van der Waals surface area contributed by atoms with Crippen molar-refractivity contribution in [2.75, 3.05) is 24.2 Å². The third kappa shape index (κ3) is 6.01. The number of hydrogen-bond donors (Lipinski definition) is 4. The molecule has 0 spiro atoms. The van der Waals surface area contributed by atoms with Gasteiger partial charge in [-0.2, -0.15) is 0 Å². The van der Waals surface area contributed by atoms with Gasteiger partial charge in [-0.1, -0.05) is 18.2 Å². The van der Waals surface area contributed by atoms with E-state index in [2.05, 4.69) is 31.9 Å². The zero-order valence-electron chi connectivity index (χ0n) is 19.1. The number of pyridine rings is 1. The summed E-state index contributed by atoms with van der Waals surface area (Å²) >= 11 is 0. The number of nitrogens with one attached hydrogen (secondary N) is 3. The first-order valence-corrected chi connectivity index (χ1v) is 11.8. The topological polar surface area (TPSA) is 107 Å². The van der Waals surface area contributed by atoms with Crippen molar-refractivity contribution in [3.05, 3.63) is 53.9 Å². The standard InChI is InChI=1S/C25H33N5O3/c1-30(22-10-4-6-17-7-5-15-26-24(17)22)16-23(31)29-21-9-3-2-8-20(21)27-18-11-13-19(14-12-18)28-25(32)33/h2-3,5,7-9,15,18-19,22,27-28H,4,6,10-14,16H2,1H3,(H,29,31)(H,32,33). The monoisotopic (exact) mass is 451 g/mol. The molecule has 0 bridgehead atoms. The van der Waals surface area contributed by atoms with Crippen molar-refractivity contribution < 1.29 is 14.7 Å². The Morgan fingerprint density at radius 1 is 1.03 bits per heavy atom. The molecule has 1 heterocycles. The van der Waals surface area contributed by atoms with Crippen LogP contribution >= 0.6 is 0 Å². The lowest BCUT2D eigenvalue weighted by atomic mass is 9.91. The molecule has 0 saturated heterocycles. The molecule has 4 N–H and O–H groups in total. The van der Waals surface area contributed by atoms with E-state index in [9.17, 15) is 9.59 Å². The van der Waals surface area contributed by atoms with Gasteiger partial charge in [-0.3, -0.25) is 14.7 Å². The fourth-order valence-corrected chi connectivity index (χ4v) is 5.04. The fraction of sp³-hybridized carbons (Fsp3) is 0.480. The molecule has 33 heavy (non-hydrogen) atoms. The van der Waals surface area contributed by atoms with E-state index in [-0.39, 0.29) is 24.0 Å². The van der Waals surface area contributed by atoms with Gasteiger partial charge in [0, 0.05) is 18.3 Å². The highest BCUT2D eigenvalue weighted by Gasteiger charge is 2.26. The first-order valence-electron chi connectivity index (χ1n) is 11.8. The van der Waals surface area contributed by atoms with E-state index in [0.717, 1.165) is 62.0 Å². The summed E-state index contributed by atoms with van der Waals surface area (Å²) in [6.45, 7) is 0.293. The van der Waals surface area contributed by atoms with E-state index in [0.29, 0.717) is 6.54 Å². The fourth-order valence-electron chi connectivity index (χ4n) is 5.04. The van der Waals surface area contributed by atoms with Gasteiger partial charge in [-0.05, 0) is 75.8 Å². The number of likely N-dealkylation sites (N-methyl/N-ethyl adjacent to an activating group) is 1. The highest BCUT2D eigenvalue weighted by atomic mass is 16.4. The largest absolute Gasteiger partial charge is 0.465 e. The summed E-state index contributed by atoms with van der Waals surface area (Å²) in [7, 11) is 1.99. The van der Waals surface area contributed by atoms with Crippen LogP contribution in [-0.2, 0) is 11.2 Å². The van der Waals surface area contributed by atoms with Gasteiger partial charge in [0.2, 0.25) is 5.91 Å². The van der Waals surface area contributed by atoms with Gasteiger partial charge in [0.05, 0.1) is 29.7 Å². The number of hydrogen-bond acceptors (Lipinski definition) is 5. The van der Waals surface area contributed by atoms with Crippen LogP contribution in [0.1, 0.15) is 55.8 Å². The minimum Gasteiger partial charge on any atom is -0.465 e. The maximum Gasteiger partial charge on any atom is 0.404 e. The van der Waals surface area contributed by atoms with Crippen molar-refractivity contribution in [3.8, 4) is 0 Å². The van der Waals surface area contributed by atoms with Crippen molar-refractivity contribution >= 4 is 23.4 Å². The molecule has 2 amide bonds. The molecule has 176 valence electrons. The molecule has 1 atom stereocenters. The molecule has 8 nitrogen and oxygen atoms in total. The summed E-state index contributed by atoms with van der Waals surface area (Å²) in [5.74, 6) is -0.0517. The highest BCUT2D eigenvalue weighted by molar-refractivity contribution is 5.95. The summed E-state index contributed by atoms with van der Waals surface area (Å²) in [4.78, 5) is 30.4. The lowest BCUT2D eigenvalue weighted by molar-refractivity contribution is -0.117. The molecular formula is C25H33N5O3. The Hall–Kier alpha value is -3.13. The highest BCUT2D eigenvalue weighted by Crippen LogP contribution is 2.32. The first-order chi connectivity index (χ1) is 16.0. The molecule has 1 aromatic heterocycles. The predicted octanol–water partition coefficient (Wildman–Crippen LogP) is 4.02. The zero-order chi connectivity index (χ0) is 23.2. The molecule has 1 saturated carbocycles. The van der Waals surface area contributed by atoms with Gasteiger partial charge in [-0.15, -0.1) is 0 Å². The normalized spacial score (nSPS) is 22.3. The van der Waals surface area contributed by atoms with E-state index in [4.69, 9.17) is 5.11 Å². The van der Waals surface area contributed by atoms with Crippen LogP contribution in [0.2, 0.25) is 0 Å². The number of aryl methyl sites for hydroxylation is 1. The van der Waals surface area contributed by atoms with Gasteiger partial charge in [0.25, 0.3) is 0 Å². The lowest BCUT2D eigenvalue weighted by Crippen LogP contribution is -2.39. The molecule has 1 fully saturated rings. The van der Waals surface area contributed by atoms with E-state index < -0.39 is 6.09 Å². The van der Waals surface area contributed by atoms with Crippen LogP contribution in [0.3, 0.4) is 0 Å². The number of aromatic nitrogens is 1. The smallest absolute Gasteiger partial charge is 0.404 e. The van der Waals surface area contributed by atoms with E-state index in [1.54, 1.807) is 0 Å².